The third-order valence-corrected chi connectivity index (χ3v) is 3.25. The second-order valence-electron chi connectivity index (χ2n) is 3.04. The number of nitrogens with zero attached hydrogens (tertiary/aromatic N) is 3. The van der Waals surface area contributed by atoms with Crippen LogP contribution in [0.1, 0.15) is 11.6 Å². The Bertz CT molecular complexity index is 466. The van der Waals surface area contributed by atoms with Crippen molar-refractivity contribution in [2.75, 3.05) is 7.05 Å². The first-order valence-corrected chi connectivity index (χ1v) is 5.49. The van der Waals surface area contributed by atoms with E-state index in [0.717, 1.165) is 7.05 Å². The van der Waals surface area contributed by atoms with Crippen LogP contribution in [0.3, 0.4) is 0 Å². The van der Waals surface area contributed by atoms with Crippen molar-refractivity contribution >= 4 is 10.0 Å². The number of rotatable bonds is 3. The molecule has 0 atom stereocenters. The van der Waals surface area contributed by atoms with Gasteiger partial charge in [0.15, 0.2) is 5.82 Å². The Morgan fingerprint density at radius 2 is 2.00 bits per heavy atom. The zero-order chi connectivity index (χ0) is 12.6. The van der Waals surface area contributed by atoms with Gasteiger partial charge >= 0.3 is 15.5 Å². The summed E-state index contributed by atoms with van der Waals surface area (Å²) in [5.74, 6) is 0.376. The highest BCUT2D eigenvalue weighted by atomic mass is 32.2. The molecule has 0 saturated heterocycles. The third-order valence-electron chi connectivity index (χ3n) is 1.71. The fourth-order valence-electron chi connectivity index (χ4n) is 0.921. The third kappa shape index (κ3) is 2.50. The Balaban J connectivity index is 2.85. The van der Waals surface area contributed by atoms with Crippen LogP contribution in [-0.2, 0) is 16.6 Å². The second-order valence-corrected chi connectivity index (χ2v) is 5.08. The van der Waals surface area contributed by atoms with Crippen LogP contribution in [0.2, 0.25) is 0 Å². The summed E-state index contributed by atoms with van der Waals surface area (Å²) in [4.78, 5) is 3.71. The lowest BCUT2D eigenvalue weighted by atomic mass is 10.6. The van der Waals surface area contributed by atoms with Gasteiger partial charge in [-0.15, -0.1) is 0 Å². The van der Waals surface area contributed by atoms with Crippen LogP contribution in [-0.4, -0.2) is 40.5 Å². The Hall–Kier alpha value is -1.16. The number of hydrogen-bond acceptors (Lipinski definition) is 4. The summed E-state index contributed by atoms with van der Waals surface area (Å²) in [5, 5.41) is 5.94. The molecule has 0 spiro atoms. The Morgan fingerprint density at radius 3 is 2.38 bits per heavy atom. The number of aromatic nitrogens is 3. The molecule has 1 aromatic rings. The van der Waals surface area contributed by atoms with Crippen LogP contribution in [0.4, 0.5) is 13.2 Å². The first-order chi connectivity index (χ1) is 7.14. The first-order valence-electron chi connectivity index (χ1n) is 4.05. The molecule has 0 fully saturated rings. The van der Waals surface area contributed by atoms with Gasteiger partial charge < -0.3 is 0 Å². The number of H-pyrrole nitrogens is 1. The highest BCUT2D eigenvalue weighted by molar-refractivity contribution is 7.89. The number of aromatic amines is 1. The summed E-state index contributed by atoms with van der Waals surface area (Å²) >= 11 is 0. The van der Waals surface area contributed by atoms with Gasteiger partial charge in [0.05, 0.1) is 6.54 Å². The van der Waals surface area contributed by atoms with E-state index < -0.39 is 22.1 Å². The summed E-state index contributed by atoms with van der Waals surface area (Å²) < 4.78 is 58.3. The molecular weight excluding hydrogens is 249 g/mol. The van der Waals surface area contributed by atoms with Crippen molar-refractivity contribution in [2.45, 2.75) is 19.0 Å². The number of nitrogens with one attached hydrogen (secondary N) is 1. The molecule has 1 aromatic heterocycles. The van der Waals surface area contributed by atoms with Crippen molar-refractivity contribution in [1.29, 1.82) is 0 Å². The highest BCUT2D eigenvalue weighted by Gasteiger charge is 2.48. The molecular formula is C6H9F3N4O2S. The molecule has 1 N–H and O–H groups in total. The predicted molar refractivity (Wildman–Crippen MR) is 47.6 cm³/mol. The standard InChI is InChI=1S/C6H9F3N4O2S/c1-4-10-5(12-11-4)3-13(2)16(14,15)6(7,8)9/h3H2,1-2H3,(H,10,11,12). The lowest BCUT2D eigenvalue weighted by molar-refractivity contribution is -0.0484. The summed E-state index contributed by atoms with van der Waals surface area (Å²) in [6.45, 7) is 1.01. The van der Waals surface area contributed by atoms with Crippen molar-refractivity contribution in [3.8, 4) is 0 Å². The Morgan fingerprint density at radius 1 is 1.44 bits per heavy atom. The van der Waals surface area contributed by atoms with E-state index in [-0.39, 0.29) is 10.1 Å². The van der Waals surface area contributed by atoms with E-state index in [1.54, 1.807) is 6.92 Å². The zero-order valence-electron chi connectivity index (χ0n) is 8.41. The molecule has 6 nitrogen and oxygen atoms in total. The summed E-state index contributed by atoms with van der Waals surface area (Å²) in [7, 11) is -4.51. The van der Waals surface area contributed by atoms with Crippen LogP contribution in [0, 0.1) is 6.92 Å². The van der Waals surface area contributed by atoms with E-state index in [1.165, 1.54) is 0 Å². The lowest BCUT2D eigenvalue weighted by Crippen LogP contribution is -2.37. The molecule has 0 bridgehead atoms. The van der Waals surface area contributed by atoms with Crippen molar-refractivity contribution in [3.63, 3.8) is 0 Å². The SMILES string of the molecule is Cc1nc(CN(C)S(=O)(=O)C(F)(F)F)n[nH]1. The van der Waals surface area contributed by atoms with Crippen LogP contribution >= 0.6 is 0 Å². The fraction of sp³-hybridized carbons (Fsp3) is 0.667. The van der Waals surface area contributed by atoms with Gasteiger partial charge in [-0.05, 0) is 6.92 Å². The highest BCUT2D eigenvalue weighted by Crippen LogP contribution is 2.26. The second kappa shape index (κ2) is 4.01. The maximum Gasteiger partial charge on any atom is 0.511 e. The smallest absolute Gasteiger partial charge is 0.263 e. The minimum atomic E-state index is -5.33. The molecule has 92 valence electrons. The summed E-state index contributed by atoms with van der Waals surface area (Å²) in [6, 6.07) is 0. The van der Waals surface area contributed by atoms with Gasteiger partial charge in [0, 0.05) is 7.05 Å². The number of alkyl halides is 3. The average molecular weight is 258 g/mol. The molecule has 0 aliphatic rings. The molecule has 1 rings (SSSR count). The molecule has 0 unspecified atom stereocenters. The van der Waals surface area contributed by atoms with Gasteiger partial charge in [-0.25, -0.2) is 13.4 Å². The Kier molecular flexibility index (Phi) is 3.24. The normalized spacial score (nSPS) is 13.4. The van der Waals surface area contributed by atoms with Crippen LogP contribution in [0.15, 0.2) is 0 Å². The molecule has 1 heterocycles. The lowest BCUT2D eigenvalue weighted by Gasteiger charge is -2.16. The molecule has 0 aliphatic heterocycles. The molecule has 0 aromatic carbocycles. The predicted octanol–water partition coefficient (Wildman–Crippen LogP) is 0.395. The minimum absolute atomic E-state index is 0.0205. The maximum absolute atomic E-state index is 12.1. The van der Waals surface area contributed by atoms with Crippen LogP contribution < -0.4 is 0 Å². The topological polar surface area (TPSA) is 79.0 Å². The van der Waals surface area contributed by atoms with Gasteiger partial charge in [0.25, 0.3) is 0 Å². The van der Waals surface area contributed by atoms with E-state index >= 15 is 0 Å². The van der Waals surface area contributed by atoms with E-state index in [4.69, 9.17) is 0 Å². The van der Waals surface area contributed by atoms with Crippen LogP contribution in [0.25, 0.3) is 0 Å². The fourth-order valence-corrected chi connectivity index (χ4v) is 1.56. The minimum Gasteiger partial charge on any atom is -0.263 e. The Labute approximate surface area is 89.5 Å². The maximum atomic E-state index is 12.1. The number of hydrogen-bond donors (Lipinski definition) is 1. The first kappa shape index (κ1) is 12.9. The van der Waals surface area contributed by atoms with Crippen molar-refractivity contribution in [3.05, 3.63) is 11.6 Å². The zero-order valence-corrected chi connectivity index (χ0v) is 9.22. The van der Waals surface area contributed by atoms with Gasteiger partial charge in [-0.2, -0.15) is 22.6 Å². The molecule has 0 amide bonds. The number of aryl methyl sites for hydroxylation is 1. The number of sulfonamides is 1. The van der Waals surface area contributed by atoms with Crippen LogP contribution in [0.5, 0.6) is 0 Å². The van der Waals surface area contributed by atoms with E-state index in [2.05, 4.69) is 15.2 Å². The van der Waals surface area contributed by atoms with Crippen molar-refractivity contribution in [2.24, 2.45) is 0 Å². The van der Waals surface area contributed by atoms with Gasteiger partial charge in [-0.3, -0.25) is 5.10 Å². The summed E-state index contributed by atoms with van der Waals surface area (Å²) in [6.07, 6.45) is 0. The number of halogens is 3. The molecule has 16 heavy (non-hydrogen) atoms. The van der Waals surface area contributed by atoms with Gasteiger partial charge in [0.1, 0.15) is 5.82 Å². The average Bonchev–Trinajstić information content (AvgIpc) is 2.49. The quantitative estimate of drug-likeness (QED) is 0.850. The monoisotopic (exact) mass is 258 g/mol. The molecule has 0 saturated carbocycles. The van der Waals surface area contributed by atoms with E-state index in [1.807, 2.05) is 0 Å². The molecule has 0 aliphatic carbocycles. The van der Waals surface area contributed by atoms with E-state index in [0.29, 0.717) is 5.82 Å². The van der Waals surface area contributed by atoms with E-state index in [9.17, 15) is 21.6 Å². The molecule has 0 radical (unpaired) electrons. The summed E-state index contributed by atoms with van der Waals surface area (Å²) in [5.41, 5.74) is -5.31. The van der Waals surface area contributed by atoms with Crippen molar-refractivity contribution in [1.82, 2.24) is 19.5 Å². The largest absolute Gasteiger partial charge is 0.511 e. The molecule has 10 heteroatoms. The van der Waals surface area contributed by atoms with Gasteiger partial charge in [-0.1, -0.05) is 0 Å². The van der Waals surface area contributed by atoms with Gasteiger partial charge in [0.2, 0.25) is 0 Å². The van der Waals surface area contributed by atoms with Crippen molar-refractivity contribution < 1.29 is 21.6 Å².